The van der Waals surface area contributed by atoms with Crippen molar-refractivity contribution in [3.63, 3.8) is 0 Å². The van der Waals surface area contributed by atoms with Gasteiger partial charge in [0.1, 0.15) is 30.2 Å². The standard InChI is InChI=1S/C31H44N4O6/c1-5-20(2)27-31(40)35(4)28(21(3)36)30(39)34-25(19-22-12-14-24(37)15-13-22)29(38)33-16-8-10-23-9-6-7-11-26(23)41-18-17-32-27/h6-7,9,11-15,20-21,25,27-28,32,36-37H,5,8,10,16-19H2,1-4H3,(H,33,38)(H,34,39)/t20?,21?,25-,27+,28+/m1/s1. The number of nitrogens with zero attached hydrogens (tertiary/aromatic N) is 1. The third kappa shape index (κ3) is 8.93. The molecule has 1 heterocycles. The fraction of sp³-hybridized carbons (Fsp3) is 0.516. The van der Waals surface area contributed by atoms with Crippen molar-refractivity contribution in [1.82, 2.24) is 20.9 Å². The second-order valence-corrected chi connectivity index (χ2v) is 10.7. The third-order valence-electron chi connectivity index (χ3n) is 7.60. The number of hydrogen-bond donors (Lipinski definition) is 5. The van der Waals surface area contributed by atoms with Gasteiger partial charge in [-0.1, -0.05) is 50.6 Å². The number of aromatic hydroxyl groups is 1. The SMILES string of the molecule is CCC(C)[C@@H]1NCCOc2ccccc2CCCNC(=O)[C@@H](Cc2ccc(O)cc2)NC(=O)[C@H](C(C)O)N(C)C1=O. The fourth-order valence-corrected chi connectivity index (χ4v) is 5.02. The number of aliphatic hydroxyl groups excluding tert-OH is 1. The Morgan fingerprint density at radius 2 is 1.73 bits per heavy atom. The number of aliphatic hydroxyl groups is 1. The average Bonchev–Trinajstić information content (AvgIpc) is 2.95. The summed E-state index contributed by atoms with van der Waals surface area (Å²) in [6.07, 6.45) is 1.04. The van der Waals surface area contributed by atoms with Crippen LogP contribution in [0.25, 0.3) is 0 Å². The molecule has 0 fully saturated rings. The Kier molecular flexibility index (Phi) is 12.0. The molecular formula is C31H44N4O6. The molecule has 2 unspecified atom stereocenters. The first-order chi connectivity index (χ1) is 19.6. The highest BCUT2D eigenvalue weighted by Crippen LogP contribution is 2.20. The zero-order valence-corrected chi connectivity index (χ0v) is 24.4. The van der Waals surface area contributed by atoms with E-state index in [-0.39, 0.29) is 29.9 Å². The molecule has 3 rings (SSSR count). The molecule has 0 aromatic heterocycles. The normalized spacial score (nSPS) is 23.2. The number of hydrogen-bond acceptors (Lipinski definition) is 7. The summed E-state index contributed by atoms with van der Waals surface area (Å²) in [7, 11) is 1.50. The minimum absolute atomic E-state index is 0.0476. The second-order valence-electron chi connectivity index (χ2n) is 10.7. The number of aryl methyl sites for hydroxylation is 1. The molecule has 0 bridgehead atoms. The van der Waals surface area contributed by atoms with Gasteiger partial charge in [0.15, 0.2) is 0 Å². The van der Waals surface area contributed by atoms with E-state index < -0.39 is 30.1 Å². The molecule has 1 aliphatic rings. The summed E-state index contributed by atoms with van der Waals surface area (Å²) in [5, 5.41) is 29.3. The van der Waals surface area contributed by atoms with E-state index in [1.807, 2.05) is 38.1 Å². The number of carbonyl (C=O) groups is 3. The van der Waals surface area contributed by atoms with Crippen LogP contribution in [0.2, 0.25) is 0 Å². The predicted octanol–water partition coefficient (Wildman–Crippen LogP) is 1.77. The molecule has 0 saturated heterocycles. The number of phenols is 1. The van der Waals surface area contributed by atoms with Crippen LogP contribution >= 0.6 is 0 Å². The highest BCUT2D eigenvalue weighted by atomic mass is 16.5. The van der Waals surface area contributed by atoms with E-state index in [4.69, 9.17) is 4.74 Å². The molecule has 0 spiro atoms. The van der Waals surface area contributed by atoms with E-state index in [1.165, 1.54) is 31.0 Å². The highest BCUT2D eigenvalue weighted by molar-refractivity contribution is 5.93. The molecular weight excluding hydrogens is 524 g/mol. The van der Waals surface area contributed by atoms with Gasteiger partial charge >= 0.3 is 0 Å². The van der Waals surface area contributed by atoms with E-state index in [0.717, 1.165) is 23.3 Å². The van der Waals surface area contributed by atoms with Gasteiger partial charge in [0.25, 0.3) is 0 Å². The molecule has 41 heavy (non-hydrogen) atoms. The summed E-state index contributed by atoms with van der Waals surface area (Å²) in [4.78, 5) is 41.8. The Balaban J connectivity index is 1.92. The molecule has 10 nitrogen and oxygen atoms in total. The number of carbonyl (C=O) groups excluding carboxylic acids is 3. The summed E-state index contributed by atoms with van der Waals surface area (Å²) in [5.41, 5.74) is 1.75. The molecule has 0 radical (unpaired) electrons. The van der Waals surface area contributed by atoms with Crippen molar-refractivity contribution < 1.29 is 29.3 Å². The van der Waals surface area contributed by atoms with Gasteiger partial charge in [-0.15, -0.1) is 0 Å². The number of rotatable bonds is 5. The first kappa shape index (κ1) is 31.9. The van der Waals surface area contributed by atoms with Crippen molar-refractivity contribution >= 4 is 17.7 Å². The van der Waals surface area contributed by atoms with Crippen LogP contribution in [0.15, 0.2) is 48.5 Å². The van der Waals surface area contributed by atoms with Crippen LogP contribution in [-0.2, 0) is 27.2 Å². The van der Waals surface area contributed by atoms with Gasteiger partial charge in [-0.05, 0) is 55.0 Å². The van der Waals surface area contributed by atoms with Gasteiger partial charge < -0.3 is 35.8 Å². The number of likely N-dealkylation sites (N-methyl/N-ethyl adjacent to an activating group) is 1. The lowest BCUT2D eigenvalue weighted by molar-refractivity contribution is -0.146. The molecule has 0 saturated carbocycles. The number of fused-ring (bicyclic) bond motifs is 1. The van der Waals surface area contributed by atoms with E-state index in [9.17, 15) is 24.6 Å². The molecule has 10 heteroatoms. The number of ether oxygens (including phenoxy) is 1. The first-order valence-electron chi connectivity index (χ1n) is 14.4. The van der Waals surface area contributed by atoms with Gasteiger partial charge in [0.05, 0.1) is 12.1 Å². The lowest BCUT2D eigenvalue weighted by Gasteiger charge is -2.35. The van der Waals surface area contributed by atoms with Crippen molar-refractivity contribution in [1.29, 1.82) is 0 Å². The fourth-order valence-electron chi connectivity index (χ4n) is 5.02. The number of amides is 3. The van der Waals surface area contributed by atoms with Gasteiger partial charge in [0, 0.05) is 26.6 Å². The van der Waals surface area contributed by atoms with Crippen molar-refractivity contribution in [3.05, 3.63) is 59.7 Å². The Bertz CT molecular complexity index is 1160. The van der Waals surface area contributed by atoms with Crippen molar-refractivity contribution in [3.8, 4) is 11.5 Å². The number of benzene rings is 2. The van der Waals surface area contributed by atoms with Crippen molar-refractivity contribution in [2.75, 3.05) is 26.7 Å². The second kappa shape index (κ2) is 15.4. The summed E-state index contributed by atoms with van der Waals surface area (Å²) in [6, 6.07) is 11.4. The maximum absolute atomic E-state index is 13.7. The Morgan fingerprint density at radius 3 is 2.41 bits per heavy atom. The Hall–Kier alpha value is -3.63. The Morgan fingerprint density at radius 1 is 1.02 bits per heavy atom. The molecule has 2 aromatic rings. The minimum Gasteiger partial charge on any atom is -0.508 e. The monoisotopic (exact) mass is 568 g/mol. The summed E-state index contributed by atoms with van der Waals surface area (Å²) >= 11 is 0. The van der Waals surface area contributed by atoms with Crippen LogP contribution in [0.1, 0.15) is 44.7 Å². The quantitative estimate of drug-likeness (QED) is 0.370. The van der Waals surface area contributed by atoms with Crippen LogP contribution in [0, 0.1) is 5.92 Å². The predicted molar refractivity (Wildman–Crippen MR) is 156 cm³/mol. The zero-order valence-electron chi connectivity index (χ0n) is 24.4. The maximum atomic E-state index is 13.7. The average molecular weight is 569 g/mol. The van der Waals surface area contributed by atoms with E-state index in [2.05, 4.69) is 16.0 Å². The van der Waals surface area contributed by atoms with Crippen molar-refractivity contribution in [2.24, 2.45) is 5.92 Å². The number of para-hydroxylation sites is 1. The number of nitrogens with one attached hydrogen (secondary N) is 3. The lowest BCUT2D eigenvalue weighted by atomic mass is 9.96. The first-order valence-corrected chi connectivity index (χ1v) is 14.4. The zero-order chi connectivity index (χ0) is 29.9. The molecule has 0 aliphatic carbocycles. The van der Waals surface area contributed by atoms with Crippen molar-refractivity contribution in [2.45, 2.75) is 70.7 Å². The Labute approximate surface area is 242 Å². The minimum atomic E-state index is -1.21. The third-order valence-corrected chi connectivity index (χ3v) is 7.60. The van der Waals surface area contributed by atoms with Crippen LogP contribution in [-0.4, -0.2) is 83.8 Å². The van der Waals surface area contributed by atoms with Crippen LogP contribution in [0.3, 0.4) is 0 Å². The van der Waals surface area contributed by atoms with Crippen LogP contribution in [0.4, 0.5) is 0 Å². The summed E-state index contributed by atoms with van der Waals surface area (Å²) in [5.74, 6) is -0.535. The molecule has 5 N–H and O–H groups in total. The van der Waals surface area contributed by atoms with Gasteiger partial charge in [0.2, 0.25) is 17.7 Å². The van der Waals surface area contributed by atoms with Crippen LogP contribution < -0.4 is 20.7 Å². The highest BCUT2D eigenvalue weighted by Gasteiger charge is 2.37. The van der Waals surface area contributed by atoms with Gasteiger partial charge in [-0.25, -0.2) is 0 Å². The molecule has 3 amide bonds. The van der Waals surface area contributed by atoms with Crippen LogP contribution in [0.5, 0.6) is 11.5 Å². The van der Waals surface area contributed by atoms with E-state index in [0.29, 0.717) is 32.5 Å². The van der Waals surface area contributed by atoms with E-state index in [1.54, 1.807) is 12.1 Å². The molecule has 224 valence electrons. The summed E-state index contributed by atoms with van der Waals surface area (Å²) < 4.78 is 6.05. The molecule has 1 aliphatic heterocycles. The largest absolute Gasteiger partial charge is 0.508 e. The number of phenolic OH excluding ortho intramolecular Hbond substituents is 1. The smallest absolute Gasteiger partial charge is 0.246 e. The van der Waals surface area contributed by atoms with E-state index >= 15 is 0 Å². The molecule has 2 aromatic carbocycles. The lowest BCUT2D eigenvalue weighted by Crippen LogP contribution is -2.61. The summed E-state index contributed by atoms with van der Waals surface area (Å²) in [6.45, 7) is 6.54. The van der Waals surface area contributed by atoms with Gasteiger partial charge in [-0.2, -0.15) is 0 Å². The molecule has 5 atom stereocenters. The maximum Gasteiger partial charge on any atom is 0.246 e. The van der Waals surface area contributed by atoms with Gasteiger partial charge in [-0.3, -0.25) is 14.4 Å². The topological polar surface area (TPSA) is 140 Å².